The second-order valence-electron chi connectivity index (χ2n) is 5.82. The van der Waals surface area contributed by atoms with Crippen LogP contribution in [0.4, 0.5) is 4.39 Å². The van der Waals surface area contributed by atoms with Gasteiger partial charge >= 0.3 is 0 Å². The average molecular weight is 319 g/mol. The molecule has 3 rings (SSSR count). The molecule has 0 heterocycles. The first-order valence-corrected chi connectivity index (χ1v) is 8.77. The fourth-order valence-corrected chi connectivity index (χ4v) is 4.37. The summed E-state index contributed by atoms with van der Waals surface area (Å²) in [5.74, 6) is -0.402. The van der Waals surface area contributed by atoms with Gasteiger partial charge in [-0.2, -0.15) is 0 Å². The lowest BCUT2D eigenvalue weighted by molar-refractivity contribution is 0.224. The zero-order chi connectivity index (χ0) is 15.8. The molecule has 2 aromatic rings. The van der Waals surface area contributed by atoms with E-state index >= 15 is 0 Å². The molecule has 3 nitrogen and oxygen atoms in total. The van der Waals surface area contributed by atoms with Crippen LogP contribution < -0.4 is 4.72 Å². The van der Waals surface area contributed by atoms with E-state index in [2.05, 4.69) is 4.72 Å². The molecule has 0 radical (unpaired) electrons. The maximum atomic E-state index is 13.4. The number of halogens is 1. The van der Waals surface area contributed by atoms with Gasteiger partial charge in [0, 0.05) is 0 Å². The van der Waals surface area contributed by atoms with Gasteiger partial charge in [0.1, 0.15) is 5.82 Å². The standard InChI is InChI=1S/C17H18FNO2S/c1-13-12-15(8-9-16(13)18)22(20,21)19-17(10-5-11-17)14-6-3-2-4-7-14/h2-4,6-9,12,19H,5,10-11H2,1H3. The van der Waals surface area contributed by atoms with Gasteiger partial charge in [0.25, 0.3) is 0 Å². The van der Waals surface area contributed by atoms with E-state index in [1.807, 2.05) is 30.3 Å². The van der Waals surface area contributed by atoms with Crippen molar-refractivity contribution in [3.05, 3.63) is 65.5 Å². The predicted molar refractivity (Wildman–Crippen MR) is 83.4 cm³/mol. The molecule has 0 atom stereocenters. The van der Waals surface area contributed by atoms with Gasteiger partial charge in [-0.25, -0.2) is 17.5 Å². The molecule has 0 aromatic heterocycles. The SMILES string of the molecule is Cc1cc(S(=O)(=O)NC2(c3ccccc3)CCC2)ccc1F. The highest BCUT2D eigenvalue weighted by Crippen LogP contribution is 2.42. The number of sulfonamides is 1. The predicted octanol–water partition coefficient (Wildman–Crippen LogP) is 3.49. The Bertz CT molecular complexity index is 784. The second-order valence-corrected chi connectivity index (χ2v) is 7.50. The van der Waals surface area contributed by atoms with Gasteiger partial charge < -0.3 is 0 Å². The fraction of sp³-hybridized carbons (Fsp3) is 0.294. The number of aryl methyl sites for hydroxylation is 1. The van der Waals surface area contributed by atoms with Gasteiger partial charge in [-0.1, -0.05) is 30.3 Å². The van der Waals surface area contributed by atoms with E-state index in [4.69, 9.17) is 0 Å². The van der Waals surface area contributed by atoms with Crippen molar-refractivity contribution in [1.82, 2.24) is 4.72 Å². The summed E-state index contributed by atoms with van der Waals surface area (Å²) in [6.07, 6.45) is 2.53. The number of benzene rings is 2. The summed E-state index contributed by atoms with van der Waals surface area (Å²) in [5.41, 5.74) is 0.761. The molecule has 1 fully saturated rings. The zero-order valence-electron chi connectivity index (χ0n) is 12.3. The molecule has 116 valence electrons. The average Bonchev–Trinajstić information content (AvgIpc) is 2.46. The quantitative estimate of drug-likeness (QED) is 0.937. The monoisotopic (exact) mass is 319 g/mol. The minimum absolute atomic E-state index is 0.105. The van der Waals surface area contributed by atoms with Crippen LogP contribution in [0.2, 0.25) is 0 Å². The van der Waals surface area contributed by atoms with Gasteiger partial charge in [-0.15, -0.1) is 0 Å². The molecule has 1 saturated carbocycles. The first-order chi connectivity index (χ1) is 10.4. The second kappa shape index (κ2) is 5.48. The van der Waals surface area contributed by atoms with Crippen LogP contribution in [0.25, 0.3) is 0 Å². The molecule has 1 aliphatic rings. The van der Waals surface area contributed by atoms with Crippen molar-refractivity contribution in [1.29, 1.82) is 0 Å². The van der Waals surface area contributed by atoms with Crippen LogP contribution in [-0.2, 0) is 15.6 Å². The van der Waals surface area contributed by atoms with E-state index in [0.29, 0.717) is 5.56 Å². The summed E-state index contributed by atoms with van der Waals surface area (Å²) >= 11 is 0. The third-order valence-electron chi connectivity index (χ3n) is 4.30. The van der Waals surface area contributed by atoms with Gasteiger partial charge in [0.15, 0.2) is 0 Å². The molecule has 22 heavy (non-hydrogen) atoms. The highest BCUT2D eigenvalue weighted by Gasteiger charge is 2.42. The maximum absolute atomic E-state index is 13.4. The Morgan fingerprint density at radius 1 is 1.09 bits per heavy atom. The number of nitrogens with one attached hydrogen (secondary N) is 1. The van der Waals surface area contributed by atoms with Crippen molar-refractivity contribution in [3.8, 4) is 0 Å². The third kappa shape index (κ3) is 2.66. The van der Waals surface area contributed by atoms with Crippen LogP contribution in [0.5, 0.6) is 0 Å². The van der Waals surface area contributed by atoms with E-state index in [1.54, 1.807) is 6.92 Å². The molecular weight excluding hydrogens is 301 g/mol. The van der Waals surface area contributed by atoms with E-state index in [1.165, 1.54) is 18.2 Å². The van der Waals surface area contributed by atoms with Crippen molar-refractivity contribution < 1.29 is 12.8 Å². The van der Waals surface area contributed by atoms with Crippen molar-refractivity contribution >= 4 is 10.0 Å². The van der Waals surface area contributed by atoms with E-state index in [0.717, 1.165) is 24.8 Å². The van der Waals surface area contributed by atoms with Crippen LogP contribution in [0, 0.1) is 12.7 Å². The smallest absolute Gasteiger partial charge is 0.207 e. The van der Waals surface area contributed by atoms with Crippen LogP contribution in [0.15, 0.2) is 53.4 Å². The molecule has 1 aliphatic carbocycles. The summed E-state index contributed by atoms with van der Waals surface area (Å²) in [6.45, 7) is 1.56. The van der Waals surface area contributed by atoms with E-state index < -0.39 is 21.4 Å². The van der Waals surface area contributed by atoms with Gasteiger partial charge in [-0.3, -0.25) is 0 Å². The molecule has 5 heteroatoms. The van der Waals surface area contributed by atoms with Gasteiger partial charge in [-0.05, 0) is 55.5 Å². The van der Waals surface area contributed by atoms with E-state index in [9.17, 15) is 12.8 Å². The van der Waals surface area contributed by atoms with E-state index in [-0.39, 0.29) is 4.90 Å². The molecule has 0 bridgehead atoms. The number of hydrogen-bond acceptors (Lipinski definition) is 2. The Kier molecular flexibility index (Phi) is 3.78. The first kappa shape index (κ1) is 15.2. The molecule has 1 N–H and O–H groups in total. The number of hydrogen-bond donors (Lipinski definition) is 1. The highest BCUT2D eigenvalue weighted by atomic mass is 32.2. The largest absolute Gasteiger partial charge is 0.241 e. The molecule has 0 aliphatic heterocycles. The Hall–Kier alpha value is -1.72. The Morgan fingerprint density at radius 3 is 2.32 bits per heavy atom. The summed E-state index contributed by atoms with van der Waals surface area (Å²) in [5, 5.41) is 0. The highest BCUT2D eigenvalue weighted by molar-refractivity contribution is 7.89. The lowest BCUT2D eigenvalue weighted by Gasteiger charge is -2.42. The lowest BCUT2D eigenvalue weighted by atomic mass is 9.73. The van der Waals surface area contributed by atoms with Crippen molar-refractivity contribution in [3.63, 3.8) is 0 Å². The zero-order valence-corrected chi connectivity index (χ0v) is 13.2. The van der Waals surface area contributed by atoms with Gasteiger partial charge in [0.05, 0.1) is 10.4 Å². The molecule has 0 unspecified atom stereocenters. The molecule has 0 spiro atoms. The Labute approximate surface area is 130 Å². The lowest BCUT2D eigenvalue weighted by Crippen LogP contribution is -2.50. The van der Waals surface area contributed by atoms with Crippen molar-refractivity contribution in [2.75, 3.05) is 0 Å². The van der Waals surface area contributed by atoms with Crippen LogP contribution in [-0.4, -0.2) is 8.42 Å². The topological polar surface area (TPSA) is 46.2 Å². The molecular formula is C17H18FNO2S. The van der Waals surface area contributed by atoms with Crippen molar-refractivity contribution in [2.45, 2.75) is 36.6 Å². The maximum Gasteiger partial charge on any atom is 0.241 e. The normalized spacial score (nSPS) is 17.0. The molecule has 0 saturated heterocycles. The minimum Gasteiger partial charge on any atom is -0.207 e. The summed E-state index contributed by atoms with van der Waals surface area (Å²) in [7, 11) is -3.68. The minimum atomic E-state index is -3.68. The summed E-state index contributed by atoms with van der Waals surface area (Å²) in [4.78, 5) is 0.105. The number of rotatable bonds is 4. The molecule has 2 aromatic carbocycles. The third-order valence-corrected chi connectivity index (χ3v) is 5.84. The van der Waals surface area contributed by atoms with Gasteiger partial charge in [0.2, 0.25) is 10.0 Å². The Morgan fingerprint density at radius 2 is 1.77 bits per heavy atom. The fourth-order valence-electron chi connectivity index (χ4n) is 2.84. The van der Waals surface area contributed by atoms with Crippen LogP contribution in [0.1, 0.15) is 30.4 Å². The van der Waals surface area contributed by atoms with Crippen LogP contribution >= 0.6 is 0 Å². The van der Waals surface area contributed by atoms with Crippen LogP contribution in [0.3, 0.4) is 0 Å². The summed E-state index contributed by atoms with van der Waals surface area (Å²) < 4.78 is 41.5. The first-order valence-electron chi connectivity index (χ1n) is 7.29. The molecule has 0 amide bonds. The van der Waals surface area contributed by atoms with Crippen molar-refractivity contribution in [2.24, 2.45) is 0 Å². The Balaban J connectivity index is 1.94. The summed E-state index contributed by atoms with van der Waals surface area (Å²) in [6, 6.07) is 13.5.